The largest absolute Gasteiger partial charge is 0.327 e. The third kappa shape index (κ3) is 4.48. The molecule has 96 valence electrons. The zero-order chi connectivity index (χ0) is 13.0. The summed E-state index contributed by atoms with van der Waals surface area (Å²) in [6, 6.07) is 11.9. The first-order chi connectivity index (χ1) is 8.63. The molecule has 0 fully saturated rings. The Hall–Kier alpha value is -0.190. The highest BCUT2D eigenvalue weighted by Gasteiger charge is 2.07. The molecule has 0 bridgehead atoms. The molecule has 1 heterocycles. The summed E-state index contributed by atoms with van der Waals surface area (Å²) < 4.78 is 0.822. The van der Waals surface area contributed by atoms with Crippen molar-refractivity contribution in [1.29, 1.82) is 0 Å². The monoisotopic (exact) mass is 317 g/mol. The zero-order valence-corrected chi connectivity index (χ0v) is 12.8. The van der Waals surface area contributed by atoms with Crippen molar-refractivity contribution < 1.29 is 0 Å². The second kappa shape index (κ2) is 6.83. The Morgan fingerprint density at radius 1 is 1.11 bits per heavy atom. The van der Waals surface area contributed by atoms with Crippen molar-refractivity contribution in [2.75, 3.05) is 5.75 Å². The average Bonchev–Trinajstić information content (AvgIpc) is 2.74. The fourth-order valence-corrected chi connectivity index (χ4v) is 3.67. The summed E-state index contributed by atoms with van der Waals surface area (Å²) >= 11 is 15.1. The molecule has 0 radical (unpaired) electrons. The van der Waals surface area contributed by atoms with Crippen molar-refractivity contribution in [1.82, 2.24) is 0 Å². The number of hydrogen-bond donors (Lipinski definition) is 1. The maximum atomic E-state index is 6.11. The van der Waals surface area contributed by atoms with Gasteiger partial charge in [0.15, 0.2) is 0 Å². The predicted molar refractivity (Wildman–Crippen MR) is 83.2 cm³/mol. The van der Waals surface area contributed by atoms with Crippen LogP contribution in [0.3, 0.4) is 0 Å². The van der Waals surface area contributed by atoms with Gasteiger partial charge in [0.25, 0.3) is 0 Å². The van der Waals surface area contributed by atoms with E-state index < -0.39 is 0 Å². The SMILES string of the molecule is NC(CSc1ccc(Cl)cc1)Cc1ccc(Cl)s1. The highest BCUT2D eigenvalue weighted by atomic mass is 35.5. The van der Waals surface area contributed by atoms with Gasteiger partial charge in [-0.25, -0.2) is 0 Å². The molecule has 1 aromatic heterocycles. The molecule has 5 heteroatoms. The van der Waals surface area contributed by atoms with Crippen LogP contribution in [-0.2, 0) is 6.42 Å². The van der Waals surface area contributed by atoms with E-state index in [0.29, 0.717) is 0 Å². The second-order valence-corrected chi connectivity index (χ2v) is 7.26. The molecule has 2 aromatic rings. The molecule has 0 aliphatic rings. The van der Waals surface area contributed by atoms with Crippen LogP contribution < -0.4 is 5.73 Å². The minimum absolute atomic E-state index is 0.139. The Morgan fingerprint density at radius 3 is 2.44 bits per heavy atom. The zero-order valence-electron chi connectivity index (χ0n) is 9.61. The van der Waals surface area contributed by atoms with Crippen LogP contribution in [-0.4, -0.2) is 11.8 Å². The van der Waals surface area contributed by atoms with Gasteiger partial charge in [-0.3, -0.25) is 0 Å². The average molecular weight is 318 g/mol. The molecule has 1 nitrogen and oxygen atoms in total. The fourth-order valence-electron chi connectivity index (χ4n) is 1.51. The summed E-state index contributed by atoms with van der Waals surface area (Å²) in [6.07, 6.45) is 0.873. The fraction of sp³-hybridized carbons (Fsp3) is 0.231. The molecular formula is C13H13Cl2NS2. The smallest absolute Gasteiger partial charge is 0.0931 e. The molecule has 0 saturated carbocycles. The number of benzene rings is 1. The van der Waals surface area contributed by atoms with E-state index in [0.717, 1.165) is 21.5 Å². The first-order valence-corrected chi connectivity index (χ1v) is 8.07. The van der Waals surface area contributed by atoms with Gasteiger partial charge in [0, 0.05) is 26.6 Å². The van der Waals surface area contributed by atoms with E-state index in [1.54, 1.807) is 23.1 Å². The Kier molecular flexibility index (Phi) is 5.39. The number of halogens is 2. The van der Waals surface area contributed by atoms with Crippen molar-refractivity contribution in [2.24, 2.45) is 5.73 Å². The van der Waals surface area contributed by atoms with Crippen LogP contribution in [0.15, 0.2) is 41.3 Å². The van der Waals surface area contributed by atoms with Crippen LogP contribution in [0.2, 0.25) is 9.36 Å². The van der Waals surface area contributed by atoms with Gasteiger partial charge in [-0.05, 0) is 42.8 Å². The molecule has 0 amide bonds. The standard InChI is InChI=1S/C13H13Cl2NS2/c14-9-1-3-11(4-2-9)17-8-10(16)7-12-5-6-13(15)18-12/h1-6,10H,7-8,16H2. The van der Waals surface area contributed by atoms with E-state index in [2.05, 4.69) is 0 Å². The van der Waals surface area contributed by atoms with Gasteiger partial charge in [-0.2, -0.15) is 0 Å². The normalized spacial score (nSPS) is 12.6. The molecule has 1 unspecified atom stereocenters. The van der Waals surface area contributed by atoms with Crippen LogP contribution in [0.5, 0.6) is 0 Å². The van der Waals surface area contributed by atoms with Gasteiger partial charge in [-0.1, -0.05) is 23.2 Å². The van der Waals surface area contributed by atoms with Crippen LogP contribution in [0.4, 0.5) is 0 Å². The van der Waals surface area contributed by atoms with Gasteiger partial charge >= 0.3 is 0 Å². The van der Waals surface area contributed by atoms with Gasteiger partial charge < -0.3 is 5.73 Å². The van der Waals surface area contributed by atoms with Crippen molar-refractivity contribution in [3.8, 4) is 0 Å². The lowest BCUT2D eigenvalue weighted by atomic mass is 10.2. The molecule has 0 aliphatic carbocycles. The van der Waals surface area contributed by atoms with Gasteiger partial charge in [0.05, 0.1) is 4.34 Å². The molecule has 2 rings (SSSR count). The van der Waals surface area contributed by atoms with E-state index in [9.17, 15) is 0 Å². The van der Waals surface area contributed by atoms with E-state index >= 15 is 0 Å². The number of rotatable bonds is 5. The van der Waals surface area contributed by atoms with Crippen molar-refractivity contribution in [3.63, 3.8) is 0 Å². The van der Waals surface area contributed by atoms with Crippen LogP contribution in [0.1, 0.15) is 4.88 Å². The topological polar surface area (TPSA) is 26.0 Å². The first-order valence-electron chi connectivity index (χ1n) is 5.51. The number of thioether (sulfide) groups is 1. The second-order valence-electron chi connectivity index (χ2n) is 3.93. The van der Waals surface area contributed by atoms with Gasteiger partial charge in [-0.15, -0.1) is 23.1 Å². The summed E-state index contributed by atoms with van der Waals surface area (Å²) in [5.74, 6) is 0.886. The molecule has 0 saturated heterocycles. The Morgan fingerprint density at radius 2 is 1.83 bits per heavy atom. The summed E-state index contributed by atoms with van der Waals surface area (Å²) in [5, 5.41) is 0.761. The Balaban J connectivity index is 1.81. The van der Waals surface area contributed by atoms with E-state index in [4.69, 9.17) is 28.9 Å². The summed E-state index contributed by atoms with van der Waals surface area (Å²) in [7, 11) is 0. The third-order valence-electron chi connectivity index (χ3n) is 2.37. The molecule has 18 heavy (non-hydrogen) atoms. The number of hydrogen-bond acceptors (Lipinski definition) is 3. The van der Waals surface area contributed by atoms with Crippen LogP contribution in [0, 0.1) is 0 Å². The van der Waals surface area contributed by atoms with Crippen LogP contribution >= 0.6 is 46.3 Å². The van der Waals surface area contributed by atoms with Gasteiger partial charge in [0.1, 0.15) is 0 Å². The highest BCUT2D eigenvalue weighted by Crippen LogP contribution is 2.24. The lowest BCUT2D eigenvalue weighted by molar-refractivity contribution is 0.757. The maximum absolute atomic E-state index is 6.11. The van der Waals surface area contributed by atoms with E-state index in [-0.39, 0.29) is 6.04 Å². The molecule has 1 atom stereocenters. The first kappa shape index (κ1) is 14.2. The minimum atomic E-state index is 0.139. The Labute approximate surface area is 125 Å². The minimum Gasteiger partial charge on any atom is -0.327 e. The highest BCUT2D eigenvalue weighted by molar-refractivity contribution is 7.99. The predicted octanol–water partition coefficient (Wildman–Crippen LogP) is 4.72. The van der Waals surface area contributed by atoms with E-state index in [1.807, 2.05) is 36.4 Å². The Bertz CT molecular complexity index is 496. The van der Waals surface area contributed by atoms with E-state index in [1.165, 1.54) is 9.77 Å². The lowest BCUT2D eigenvalue weighted by Gasteiger charge is -2.09. The molecule has 2 N–H and O–H groups in total. The number of thiophene rings is 1. The van der Waals surface area contributed by atoms with Gasteiger partial charge in [0.2, 0.25) is 0 Å². The van der Waals surface area contributed by atoms with Crippen molar-refractivity contribution in [3.05, 3.63) is 50.6 Å². The molecule has 1 aromatic carbocycles. The lowest BCUT2D eigenvalue weighted by Crippen LogP contribution is -2.25. The molecule has 0 spiro atoms. The summed E-state index contributed by atoms with van der Waals surface area (Å²) in [6.45, 7) is 0. The molecule has 0 aliphatic heterocycles. The maximum Gasteiger partial charge on any atom is 0.0931 e. The summed E-state index contributed by atoms with van der Waals surface area (Å²) in [5.41, 5.74) is 6.11. The van der Waals surface area contributed by atoms with Crippen LogP contribution in [0.25, 0.3) is 0 Å². The molecular weight excluding hydrogens is 305 g/mol. The van der Waals surface area contributed by atoms with Crippen molar-refractivity contribution >= 4 is 46.3 Å². The number of nitrogens with two attached hydrogens (primary N) is 1. The summed E-state index contributed by atoms with van der Waals surface area (Å²) in [4.78, 5) is 2.43. The quantitative estimate of drug-likeness (QED) is 0.808. The third-order valence-corrected chi connectivity index (χ3v) is 5.08. The van der Waals surface area contributed by atoms with Crippen molar-refractivity contribution in [2.45, 2.75) is 17.4 Å².